The largest absolute Gasteiger partial charge is 0.392 e. The van der Waals surface area contributed by atoms with Crippen LogP contribution < -0.4 is 0 Å². The SMILES string of the molecule is CC1C2CC(C)(C)CC2=C(CO)C2COC1(O)C2. The third-order valence-corrected chi connectivity index (χ3v) is 5.35. The lowest BCUT2D eigenvalue weighted by Crippen LogP contribution is -2.39. The van der Waals surface area contributed by atoms with E-state index in [1.807, 2.05) is 0 Å². The minimum absolute atomic E-state index is 0.124. The smallest absolute Gasteiger partial charge is 0.169 e. The highest BCUT2D eigenvalue weighted by Crippen LogP contribution is 2.56. The molecule has 2 fully saturated rings. The van der Waals surface area contributed by atoms with Gasteiger partial charge in [-0.25, -0.2) is 0 Å². The molecule has 0 amide bonds. The summed E-state index contributed by atoms with van der Waals surface area (Å²) in [4.78, 5) is 0. The third kappa shape index (κ3) is 1.68. The zero-order valence-electron chi connectivity index (χ0n) is 11.6. The Labute approximate surface area is 109 Å². The summed E-state index contributed by atoms with van der Waals surface area (Å²) in [5, 5.41) is 20.4. The van der Waals surface area contributed by atoms with Crippen LogP contribution in [0.5, 0.6) is 0 Å². The Balaban J connectivity index is 2.08. The standard InChI is InChI=1S/C15H24O3/c1-9-11-5-14(2,3)6-12(11)13(7-16)10-4-15(9,17)18-8-10/h9-11,16-17H,4-8H2,1-3H3. The fraction of sp³-hybridized carbons (Fsp3) is 0.867. The molecular formula is C15H24O3. The zero-order chi connectivity index (χ0) is 13.1. The topological polar surface area (TPSA) is 49.7 Å². The molecule has 3 aliphatic rings. The second-order valence-corrected chi connectivity index (χ2v) is 7.21. The highest BCUT2D eigenvalue weighted by molar-refractivity contribution is 5.30. The second kappa shape index (κ2) is 3.81. The van der Waals surface area contributed by atoms with E-state index in [-0.39, 0.29) is 23.9 Å². The molecule has 3 nitrogen and oxygen atoms in total. The van der Waals surface area contributed by atoms with Gasteiger partial charge in [-0.3, -0.25) is 0 Å². The minimum atomic E-state index is -0.974. The summed E-state index contributed by atoms with van der Waals surface area (Å²) in [5.41, 5.74) is 2.85. The number of ether oxygens (including phenoxy) is 1. The Morgan fingerprint density at radius 2 is 2.06 bits per heavy atom. The number of hydrogen-bond donors (Lipinski definition) is 2. The van der Waals surface area contributed by atoms with Crippen LogP contribution in [0.2, 0.25) is 0 Å². The molecule has 3 heteroatoms. The number of aliphatic hydroxyl groups is 2. The molecule has 0 aromatic carbocycles. The average Bonchev–Trinajstić information content (AvgIpc) is 2.79. The molecule has 2 N–H and O–H groups in total. The summed E-state index contributed by atoms with van der Waals surface area (Å²) in [6, 6.07) is 0. The molecule has 0 aromatic rings. The van der Waals surface area contributed by atoms with Crippen LogP contribution in [0.15, 0.2) is 11.1 Å². The van der Waals surface area contributed by atoms with Gasteiger partial charge in [-0.15, -0.1) is 0 Å². The van der Waals surface area contributed by atoms with Crippen molar-refractivity contribution in [3.8, 4) is 0 Å². The van der Waals surface area contributed by atoms with Gasteiger partial charge in [-0.05, 0) is 29.7 Å². The lowest BCUT2D eigenvalue weighted by molar-refractivity contribution is -0.212. The number of rotatable bonds is 1. The van der Waals surface area contributed by atoms with E-state index in [2.05, 4.69) is 20.8 Å². The summed E-state index contributed by atoms with van der Waals surface area (Å²) < 4.78 is 5.68. The molecule has 4 atom stereocenters. The Morgan fingerprint density at radius 3 is 2.72 bits per heavy atom. The van der Waals surface area contributed by atoms with Crippen LogP contribution in [0.4, 0.5) is 0 Å². The van der Waals surface area contributed by atoms with Crippen molar-refractivity contribution >= 4 is 0 Å². The highest BCUT2D eigenvalue weighted by Gasteiger charge is 2.54. The fourth-order valence-corrected chi connectivity index (χ4v) is 4.33. The average molecular weight is 252 g/mol. The molecule has 2 aliphatic carbocycles. The highest BCUT2D eigenvalue weighted by atomic mass is 16.6. The molecule has 2 bridgehead atoms. The quantitative estimate of drug-likeness (QED) is 0.703. The van der Waals surface area contributed by atoms with E-state index in [1.165, 1.54) is 5.57 Å². The molecule has 1 aliphatic heterocycles. The van der Waals surface area contributed by atoms with Gasteiger partial charge < -0.3 is 14.9 Å². The van der Waals surface area contributed by atoms with Crippen LogP contribution in [0, 0.1) is 23.2 Å². The molecule has 0 spiro atoms. The van der Waals surface area contributed by atoms with Crippen molar-refractivity contribution < 1.29 is 14.9 Å². The molecule has 3 rings (SSSR count). The zero-order valence-corrected chi connectivity index (χ0v) is 11.6. The van der Waals surface area contributed by atoms with E-state index in [0.29, 0.717) is 18.9 Å². The van der Waals surface area contributed by atoms with E-state index in [1.54, 1.807) is 0 Å². The van der Waals surface area contributed by atoms with Gasteiger partial charge in [0.2, 0.25) is 0 Å². The summed E-state index contributed by atoms with van der Waals surface area (Å²) >= 11 is 0. The van der Waals surface area contributed by atoms with Crippen molar-refractivity contribution in [3.63, 3.8) is 0 Å². The molecule has 1 saturated heterocycles. The second-order valence-electron chi connectivity index (χ2n) is 7.21. The van der Waals surface area contributed by atoms with E-state index in [4.69, 9.17) is 4.74 Å². The predicted octanol–water partition coefficient (Wildman–Crippen LogP) is 2.09. The number of hydrogen-bond acceptors (Lipinski definition) is 3. The van der Waals surface area contributed by atoms with Crippen molar-refractivity contribution in [2.24, 2.45) is 23.2 Å². The van der Waals surface area contributed by atoms with Crippen molar-refractivity contribution in [1.29, 1.82) is 0 Å². The molecular weight excluding hydrogens is 228 g/mol. The first-order valence-electron chi connectivity index (χ1n) is 7.05. The molecule has 0 aromatic heterocycles. The van der Waals surface area contributed by atoms with Crippen molar-refractivity contribution in [2.75, 3.05) is 13.2 Å². The van der Waals surface area contributed by atoms with Gasteiger partial charge >= 0.3 is 0 Å². The van der Waals surface area contributed by atoms with Crippen LogP contribution in [-0.4, -0.2) is 29.2 Å². The Morgan fingerprint density at radius 1 is 1.33 bits per heavy atom. The van der Waals surface area contributed by atoms with Crippen molar-refractivity contribution in [1.82, 2.24) is 0 Å². The fourth-order valence-electron chi connectivity index (χ4n) is 4.33. The van der Waals surface area contributed by atoms with E-state index in [9.17, 15) is 10.2 Å². The maximum Gasteiger partial charge on any atom is 0.169 e. The predicted molar refractivity (Wildman–Crippen MR) is 68.8 cm³/mol. The summed E-state index contributed by atoms with van der Waals surface area (Å²) in [5.74, 6) is -0.255. The lowest BCUT2D eigenvalue weighted by Gasteiger charge is -2.33. The number of aliphatic hydroxyl groups excluding tert-OH is 1. The van der Waals surface area contributed by atoms with Gasteiger partial charge in [0, 0.05) is 18.3 Å². The Hall–Kier alpha value is -0.380. The molecule has 1 saturated carbocycles. The molecule has 1 heterocycles. The number of allylic oxidation sites excluding steroid dienone is 1. The molecule has 4 unspecified atom stereocenters. The van der Waals surface area contributed by atoms with Crippen LogP contribution in [0.1, 0.15) is 40.0 Å². The number of fused-ring (bicyclic) bond motifs is 3. The van der Waals surface area contributed by atoms with E-state index >= 15 is 0 Å². The first-order chi connectivity index (χ1) is 8.36. The Kier molecular flexibility index (Phi) is 2.68. The maximum absolute atomic E-state index is 10.7. The van der Waals surface area contributed by atoms with Gasteiger partial charge in [0.15, 0.2) is 5.79 Å². The summed E-state index contributed by atoms with van der Waals surface area (Å²) in [6.45, 7) is 7.35. The summed E-state index contributed by atoms with van der Waals surface area (Å²) in [7, 11) is 0. The first-order valence-corrected chi connectivity index (χ1v) is 7.05. The summed E-state index contributed by atoms with van der Waals surface area (Å²) in [6.07, 6.45) is 2.81. The van der Waals surface area contributed by atoms with Crippen molar-refractivity contribution in [3.05, 3.63) is 11.1 Å². The van der Waals surface area contributed by atoms with Crippen LogP contribution in [0.3, 0.4) is 0 Å². The minimum Gasteiger partial charge on any atom is -0.392 e. The van der Waals surface area contributed by atoms with Crippen molar-refractivity contribution in [2.45, 2.75) is 45.8 Å². The maximum atomic E-state index is 10.7. The van der Waals surface area contributed by atoms with Gasteiger partial charge in [-0.1, -0.05) is 26.3 Å². The van der Waals surface area contributed by atoms with Crippen LogP contribution in [0.25, 0.3) is 0 Å². The normalized spacial score (nSPS) is 46.2. The molecule has 102 valence electrons. The Bertz CT molecular complexity index is 399. The van der Waals surface area contributed by atoms with E-state index in [0.717, 1.165) is 18.4 Å². The van der Waals surface area contributed by atoms with Crippen LogP contribution >= 0.6 is 0 Å². The lowest BCUT2D eigenvalue weighted by atomic mass is 9.81. The van der Waals surface area contributed by atoms with Crippen LogP contribution in [-0.2, 0) is 4.74 Å². The first kappa shape index (κ1) is 12.6. The van der Waals surface area contributed by atoms with Gasteiger partial charge in [0.25, 0.3) is 0 Å². The van der Waals surface area contributed by atoms with Gasteiger partial charge in [-0.2, -0.15) is 0 Å². The molecule has 0 radical (unpaired) electrons. The molecule has 18 heavy (non-hydrogen) atoms. The van der Waals surface area contributed by atoms with Gasteiger partial charge in [0.1, 0.15) is 0 Å². The monoisotopic (exact) mass is 252 g/mol. The van der Waals surface area contributed by atoms with E-state index < -0.39 is 5.79 Å². The van der Waals surface area contributed by atoms with Gasteiger partial charge in [0.05, 0.1) is 13.2 Å². The third-order valence-electron chi connectivity index (χ3n) is 5.35.